The highest BCUT2D eigenvalue weighted by molar-refractivity contribution is 5.79. The van der Waals surface area contributed by atoms with Crippen LogP contribution in [0.3, 0.4) is 0 Å². The third-order valence-corrected chi connectivity index (χ3v) is 3.36. The standard InChI is InChI=1S/C15H22N8O2/c1-3-16-15(19-10-14-20-11-21-22(14)2)18-9-8-17-12-6-4-5-7-13(12)23(24)25/h4-7,11,17H,3,8-10H2,1-2H3,(H2,16,18,19). The number of guanidine groups is 1. The van der Waals surface area contributed by atoms with Crippen LogP contribution in [-0.4, -0.2) is 45.3 Å². The van der Waals surface area contributed by atoms with E-state index in [0.717, 1.165) is 12.4 Å². The summed E-state index contributed by atoms with van der Waals surface area (Å²) in [6, 6.07) is 6.56. The van der Waals surface area contributed by atoms with Crippen molar-refractivity contribution in [3.05, 3.63) is 46.5 Å². The highest BCUT2D eigenvalue weighted by Gasteiger charge is 2.11. The van der Waals surface area contributed by atoms with Crippen molar-refractivity contribution in [1.29, 1.82) is 0 Å². The number of benzene rings is 1. The molecule has 1 aromatic heterocycles. The smallest absolute Gasteiger partial charge is 0.292 e. The zero-order valence-corrected chi connectivity index (χ0v) is 14.3. The molecule has 0 fully saturated rings. The van der Waals surface area contributed by atoms with E-state index in [2.05, 4.69) is 31.0 Å². The van der Waals surface area contributed by atoms with Crippen molar-refractivity contribution in [2.45, 2.75) is 13.5 Å². The number of aliphatic imine (C=N–C) groups is 1. The predicted molar refractivity (Wildman–Crippen MR) is 95.4 cm³/mol. The third-order valence-electron chi connectivity index (χ3n) is 3.36. The van der Waals surface area contributed by atoms with Crippen LogP contribution in [0, 0.1) is 10.1 Å². The van der Waals surface area contributed by atoms with Gasteiger partial charge in [-0.3, -0.25) is 14.8 Å². The summed E-state index contributed by atoms with van der Waals surface area (Å²) in [4.78, 5) is 19.1. The fourth-order valence-corrected chi connectivity index (χ4v) is 2.12. The lowest BCUT2D eigenvalue weighted by Crippen LogP contribution is -2.39. The molecule has 10 nitrogen and oxygen atoms in total. The summed E-state index contributed by atoms with van der Waals surface area (Å²) in [5.41, 5.74) is 0.556. The predicted octanol–water partition coefficient (Wildman–Crippen LogP) is 0.891. The molecule has 1 heterocycles. The lowest BCUT2D eigenvalue weighted by molar-refractivity contribution is -0.384. The van der Waals surface area contributed by atoms with Crippen molar-refractivity contribution < 1.29 is 4.92 Å². The largest absolute Gasteiger partial charge is 0.378 e. The summed E-state index contributed by atoms with van der Waals surface area (Å²) in [6.07, 6.45) is 1.49. The molecule has 0 radical (unpaired) electrons. The van der Waals surface area contributed by atoms with E-state index in [1.807, 2.05) is 14.0 Å². The molecule has 0 spiro atoms. The number of nitro benzene ring substituents is 1. The van der Waals surface area contributed by atoms with E-state index in [-0.39, 0.29) is 5.69 Å². The van der Waals surface area contributed by atoms with Gasteiger partial charge in [0.15, 0.2) is 5.96 Å². The van der Waals surface area contributed by atoms with Gasteiger partial charge < -0.3 is 16.0 Å². The Labute approximate surface area is 145 Å². The molecule has 0 aliphatic heterocycles. The number of nitro groups is 1. The van der Waals surface area contributed by atoms with E-state index in [1.165, 1.54) is 12.4 Å². The second-order valence-electron chi connectivity index (χ2n) is 5.12. The average Bonchev–Trinajstić information content (AvgIpc) is 3.01. The van der Waals surface area contributed by atoms with Crippen LogP contribution in [0.2, 0.25) is 0 Å². The van der Waals surface area contributed by atoms with Crippen LogP contribution in [0.1, 0.15) is 12.7 Å². The summed E-state index contributed by atoms with van der Waals surface area (Å²) in [5.74, 6) is 1.41. The van der Waals surface area contributed by atoms with E-state index in [1.54, 1.807) is 22.9 Å². The molecule has 0 aliphatic rings. The van der Waals surface area contributed by atoms with Gasteiger partial charge in [0, 0.05) is 32.7 Å². The van der Waals surface area contributed by atoms with Gasteiger partial charge in [-0.2, -0.15) is 5.10 Å². The van der Waals surface area contributed by atoms with Gasteiger partial charge in [0.1, 0.15) is 24.4 Å². The zero-order chi connectivity index (χ0) is 18.1. The van der Waals surface area contributed by atoms with Crippen molar-refractivity contribution >= 4 is 17.3 Å². The van der Waals surface area contributed by atoms with E-state index >= 15 is 0 Å². The van der Waals surface area contributed by atoms with Gasteiger partial charge >= 0.3 is 0 Å². The Balaban J connectivity index is 1.85. The van der Waals surface area contributed by atoms with Gasteiger partial charge in [-0.05, 0) is 13.0 Å². The van der Waals surface area contributed by atoms with Crippen LogP contribution in [-0.2, 0) is 13.6 Å². The van der Waals surface area contributed by atoms with Crippen LogP contribution in [0.15, 0.2) is 35.6 Å². The Kier molecular flexibility index (Phi) is 6.69. The first-order valence-corrected chi connectivity index (χ1v) is 7.94. The first kappa shape index (κ1) is 18.2. The Hall–Kier alpha value is -3.17. The number of aryl methyl sites for hydroxylation is 1. The Morgan fingerprint density at radius 2 is 2.12 bits per heavy atom. The molecule has 0 saturated carbocycles. The minimum Gasteiger partial charge on any atom is -0.378 e. The van der Waals surface area contributed by atoms with Crippen molar-refractivity contribution in [3.63, 3.8) is 0 Å². The quantitative estimate of drug-likeness (QED) is 0.213. The maximum Gasteiger partial charge on any atom is 0.292 e. The van der Waals surface area contributed by atoms with Crippen LogP contribution in [0.5, 0.6) is 0 Å². The summed E-state index contributed by atoms with van der Waals surface area (Å²) in [6.45, 7) is 4.17. The van der Waals surface area contributed by atoms with E-state index in [9.17, 15) is 10.1 Å². The van der Waals surface area contributed by atoms with Gasteiger partial charge in [-0.15, -0.1) is 0 Å². The Bertz CT molecular complexity index is 728. The SMILES string of the molecule is CCNC(=NCc1ncnn1C)NCCNc1ccccc1[N+](=O)[O-]. The molecule has 0 aliphatic carbocycles. The lowest BCUT2D eigenvalue weighted by atomic mass is 10.2. The van der Waals surface area contributed by atoms with Crippen molar-refractivity contribution in [2.75, 3.05) is 25.0 Å². The van der Waals surface area contributed by atoms with E-state index in [0.29, 0.717) is 31.3 Å². The molecule has 0 amide bonds. The summed E-state index contributed by atoms with van der Waals surface area (Å²) < 4.78 is 1.67. The maximum atomic E-state index is 11.0. The number of hydrogen-bond acceptors (Lipinski definition) is 6. The normalized spacial score (nSPS) is 11.2. The monoisotopic (exact) mass is 346 g/mol. The number of rotatable bonds is 8. The second-order valence-corrected chi connectivity index (χ2v) is 5.12. The molecule has 0 unspecified atom stereocenters. The van der Waals surface area contributed by atoms with Crippen molar-refractivity contribution in [2.24, 2.45) is 12.0 Å². The molecular weight excluding hydrogens is 324 g/mol. The first-order valence-electron chi connectivity index (χ1n) is 7.94. The molecule has 25 heavy (non-hydrogen) atoms. The molecule has 3 N–H and O–H groups in total. The lowest BCUT2D eigenvalue weighted by Gasteiger charge is -2.12. The number of anilines is 1. The molecule has 0 atom stereocenters. The molecule has 1 aromatic carbocycles. The first-order chi connectivity index (χ1) is 12.1. The number of aromatic nitrogens is 3. The van der Waals surface area contributed by atoms with Crippen molar-refractivity contribution in [3.8, 4) is 0 Å². The molecule has 2 aromatic rings. The molecule has 10 heteroatoms. The molecule has 134 valence electrons. The van der Waals surface area contributed by atoms with Crippen LogP contribution >= 0.6 is 0 Å². The number of para-hydroxylation sites is 2. The summed E-state index contributed by atoms with van der Waals surface area (Å²) >= 11 is 0. The number of nitrogens with one attached hydrogen (secondary N) is 3. The highest BCUT2D eigenvalue weighted by Crippen LogP contribution is 2.22. The van der Waals surface area contributed by atoms with Crippen LogP contribution < -0.4 is 16.0 Å². The van der Waals surface area contributed by atoms with Gasteiger partial charge in [-0.1, -0.05) is 12.1 Å². The average molecular weight is 346 g/mol. The topological polar surface area (TPSA) is 122 Å². The van der Waals surface area contributed by atoms with E-state index in [4.69, 9.17) is 0 Å². The molecule has 2 rings (SSSR count). The van der Waals surface area contributed by atoms with E-state index < -0.39 is 4.92 Å². The molecule has 0 saturated heterocycles. The number of nitrogens with zero attached hydrogens (tertiary/aromatic N) is 5. The Morgan fingerprint density at radius 3 is 2.80 bits per heavy atom. The minimum atomic E-state index is -0.401. The van der Waals surface area contributed by atoms with Gasteiger partial charge in [0.25, 0.3) is 5.69 Å². The summed E-state index contributed by atoms with van der Waals surface area (Å²) in [5, 5.41) is 24.3. The minimum absolute atomic E-state index is 0.0605. The highest BCUT2D eigenvalue weighted by atomic mass is 16.6. The molecule has 0 bridgehead atoms. The second kappa shape index (κ2) is 9.21. The van der Waals surface area contributed by atoms with Gasteiger partial charge in [0.05, 0.1) is 4.92 Å². The fraction of sp³-hybridized carbons (Fsp3) is 0.400. The van der Waals surface area contributed by atoms with Gasteiger partial charge in [-0.25, -0.2) is 9.98 Å². The fourth-order valence-electron chi connectivity index (χ4n) is 2.12. The van der Waals surface area contributed by atoms with Gasteiger partial charge in [0.2, 0.25) is 0 Å². The number of hydrogen-bond donors (Lipinski definition) is 3. The Morgan fingerprint density at radius 1 is 1.32 bits per heavy atom. The van der Waals surface area contributed by atoms with Crippen LogP contribution in [0.25, 0.3) is 0 Å². The zero-order valence-electron chi connectivity index (χ0n) is 14.3. The third kappa shape index (κ3) is 5.44. The maximum absolute atomic E-state index is 11.0. The van der Waals surface area contributed by atoms with Crippen LogP contribution in [0.4, 0.5) is 11.4 Å². The molecular formula is C15H22N8O2. The summed E-state index contributed by atoms with van der Waals surface area (Å²) in [7, 11) is 1.81. The van der Waals surface area contributed by atoms with Crippen molar-refractivity contribution in [1.82, 2.24) is 25.4 Å².